The van der Waals surface area contributed by atoms with Crippen molar-refractivity contribution in [3.8, 4) is 0 Å². The molecular weight excluding hydrogens is 450 g/mol. The van der Waals surface area contributed by atoms with Gasteiger partial charge in [-0.2, -0.15) is 0 Å². The standard InChI is InChI=1S/C24H33N7O4/c1-35-23(34)19(8-5-13-29-24(27)28)30-21(32)16-10-12-17(25)20(14-16)31-22(33)18(26)11-9-15-6-3-2-4-7-15/h2-4,6-7,10,12,14,18-19H,5,8-9,11,13,25-26H2,1H3,(H,30,32)(H,31,33)(H4,27,28,29)/t18-,19-/m0/s1. The number of nitrogens with two attached hydrogens (primary N) is 4. The van der Waals surface area contributed by atoms with Gasteiger partial charge < -0.3 is 38.3 Å². The van der Waals surface area contributed by atoms with E-state index in [0.717, 1.165) is 5.56 Å². The number of esters is 1. The third kappa shape index (κ3) is 8.97. The van der Waals surface area contributed by atoms with Crippen molar-refractivity contribution in [3.05, 3.63) is 59.7 Å². The van der Waals surface area contributed by atoms with Gasteiger partial charge in [0.2, 0.25) is 5.91 Å². The van der Waals surface area contributed by atoms with Crippen LogP contribution in [0.2, 0.25) is 0 Å². The van der Waals surface area contributed by atoms with Gasteiger partial charge in [-0.3, -0.25) is 14.6 Å². The molecule has 2 rings (SSSR count). The molecule has 188 valence electrons. The smallest absolute Gasteiger partial charge is 0.328 e. The van der Waals surface area contributed by atoms with E-state index in [4.69, 9.17) is 27.7 Å². The summed E-state index contributed by atoms with van der Waals surface area (Å²) in [7, 11) is 1.23. The summed E-state index contributed by atoms with van der Waals surface area (Å²) in [5, 5.41) is 5.31. The van der Waals surface area contributed by atoms with E-state index in [1.54, 1.807) is 0 Å². The molecule has 0 aromatic heterocycles. The predicted octanol–water partition coefficient (Wildman–Crippen LogP) is 0.492. The largest absolute Gasteiger partial charge is 0.467 e. The number of benzene rings is 2. The number of ether oxygens (including phenoxy) is 1. The summed E-state index contributed by atoms with van der Waals surface area (Å²) < 4.78 is 4.77. The van der Waals surface area contributed by atoms with E-state index < -0.39 is 29.9 Å². The van der Waals surface area contributed by atoms with Crippen LogP contribution < -0.4 is 33.6 Å². The molecule has 0 heterocycles. The molecular formula is C24H33N7O4. The van der Waals surface area contributed by atoms with Crippen molar-refractivity contribution in [1.29, 1.82) is 0 Å². The van der Waals surface area contributed by atoms with Gasteiger partial charge in [-0.05, 0) is 49.4 Å². The minimum Gasteiger partial charge on any atom is -0.467 e. The molecule has 0 unspecified atom stereocenters. The average molecular weight is 484 g/mol. The fraction of sp³-hybridized carbons (Fsp3) is 0.333. The summed E-state index contributed by atoms with van der Waals surface area (Å²) >= 11 is 0. The van der Waals surface area contributed by atoms with Crippen LogP contribution in [0, 0.1) is 0 Å². The number of guanidine groups is 1. The summed E-state index contributed by atoms with van der Waals surface area (Å²) in [6, 6.07) is 12.4. The molecule has 2 aromatic carbocycles. The van der Waals surface area contributed by atoms with Crippen molar-refractivity contribution >= 4 is 35.1 Å². The normalized spacial score (nSPS) is 12.2. The topological polar surface area (TPSA) is 201 Å². The molecule has 0 bridgehead atoms. The second-order valence-corrected chi connectivity index (χ2v) is 7.92. The number of carbonyl (C=O) groups excluding carboxylic acids is 3. The van der Waals surface area contributed by atoms with Gasteiger partial charge >= 0.3 is 5.97 Å². The first kappa shape index (κ1) is 27.1. The fourth-order valence-electron chi connectivity index (χ4n) is 3.27. The van der Waals surface area contributed by atoms with Crippen LogP contribution in [0.25, 0.3) is 0 Å². The molecule has 0 spiro atoms. The van der Waals surface area contributed by atoms with Gasteiger partial charge in [0.25, 0.3) is 5.91 Å². The second kappa shape index (κ2) is 13.6. The summed E-state index contributed by atoms with van der Waals surface area (Å²) in [6.07, 6.45) is 1.80. The first-order valence-electron chi connectivity index (χ1n) is 11.1. The first-order chi connectivity index (χ1) is 16.7. The second-order valence-electron chi connectivity index (χ2n) is 7.92. The van der Waals surface area contributed by atoms with Gasteiger partial charge in [0.15, 0.2) is 5.96 Å². The number of nitrogens with one attached hydrogen (secondary N) is 2. The van der Waals surface area contributed by atoms with Gasteiger partial charge in [0.1, 0.15) is 6.04 Å². The monoisotopic (exact) mass is 483 g/mol. The Hall–Kier alpha value is -4.12. The predicted molar refractivity (Wildman–Crippen MR) is 135 cm³/mol. The Labute approximate surface area is 204 Å². The van der Waals surface area contributed by atoms with Gasteiger partial charge in [-0.25, -0.2) is 4.79 Å². The Morgan fingerprint density at radius 3 is 2.43 bits per heavy atom. The van der Waals surface area contributed by atoms with Gasteiger partial charge in [0, 0.05) is 12.1 Å². The number of nitrogens with zero attached hydrogens (tertiary/aromatic N) is 1. The Kier molecular flexibility index (Phi) is 10.5. The summed E-state index contributed by atoms with van der Waals surface area (Å²) in [6.45, 7) is 0.300. The van der Waals surface area contributed by atoms with Crippen LogP contribution in [0.15, 0.2) is 53.5 Å². The number of methoxy groups -OCH3 is 1. The molecule has 0 saturated carbocycles. The highest BCUT2D eigenvalue weighted by molar-refractivity contribution is 6.01. The Morgan fingerprint density at radius 2 is 1.77 bits per heavy atom. The number of anilines is 2. The summed E-state index contributed by atoms with van der Waals surface area (Å²) in [5.41, 5.74) is 24.4. The summed E-state index contributed by atoms with van der Waals surface area (Å²) in [5.74, 6) is -1.61. The van der Waals surface area contributed by atoms with Crippen LogP contribution >= 0.6 is 0 Å². The Bertz CT molecular complexity index is 1040. The van der Waals surface area contributed by atoms with Gasteiger partial charge in [-0.1, -0.05) is 30.3 Å². The zero-order chi connectivity index (χ0) is 25.8. The van der Waals surface area contributed by atoms with Crippen molar-refractivity contribution < 1.29 is 19.1 Å². The molecule has 0 saturated heterocycles. The lowest BCUT2D eigenvalue weighted by Crippen LogP contribution is -2.41. The van der Waals surface area contributed by atoms with Crippen LogP contribution in [0.1, 0.15) is 35.2 Å². The summed E-state index contributed by atoms with van der Waals surface area (Å²) in [4.78, 5) is 41.3. The number of amides is 2. The molecule has 2 amide bonds. The van der Waals surface area contributed by atoms with E-state index in [0.29, 0.717) is 25.8 Å². The maximum atomic E-state index is 12.8. The minimum atomic E-state index is -0.899. The average Bonchev–Trinajstić information content (AvgIpc) is 2.85. The van der Waals surface area contributed by atoms with Gasteiger partial charge in [-0.15, -0.1) is 0 Å². The quantitative estimate of drug-likeness (QED) is 0.0823. The minimum absolute atomic E-state index is 0.0557. The SMILES string of the molecule is COC(=O)[C@H](CCCN=C(N)N)NC(=O)c1ccc(N)c(NC(=O)[C@@H](N)CCc2ccccc2)c1. The van der Waals surface area contributed by atoms with Crippen molar-refractivity contribution in [3.63, 3.8) is 0 Å². The van der Waals surface area contributed by atoms with Crippen LogP contribution in [-0.4, -0.2) is 49.5 Å². The molecule has 2 aromatic rings. The molecule has 0 fully saturated rings. The van der Waals surface area contributed by atoms with E-state index in [1.165, 1.54) is 25.3 Å². The van der Waals surface area contributed by atoms with Crippen molar-refractivity contribution in [2.75, 3.05) is 24.7 Å². The maximum absolute atomic E-state index is 12.8. The number of aryl methyl sites for hydroxylation is 1. The third-order valence-electron chi connectivity index (χ3n) is 5.23. The number of hydrogen-bond donors (Lipinski definition) is 6. The third-order valence-corrected chi connectivity index (χ3v) is 5.23. The molecule has 0 aliphatic carbocycles. The molecule has 0 aliphatic heterocycles. The highest BCUT2D eigenvalue weighted by Gasteiger charge is 2.22. The molecule has 0 aliphatic rings. The zero-order valence-corrected chi connectivity index (χ0v) is 19.7. The lowest BCUT2D eigenvalue weighted by atomic mass is 10.0. The van der Waals surface area contributed by atoms with Crippen LogP contribution in [0.5, 0.6) is 0 Å². The first-order valence-corrected chi connectivity index (χ1v) is 11.1. The number of nitrogen functional groups attached to an aromatic ring is 1. The molecule has 0 radical (unpaired) electrons. The van der Waals surface area contributed by atoms with Crippen molar-refractivity contribution in [1.82, 2.24) is 5.32 Å². The van der Waals surface area contributed by atoms with Crippen LogP contribution in [0.3, 0.4) is 0 Å². The van der Waals surface area contributed by atoms with Gasteiger partial charge in [0.05, 0.1) is 24.5 Å². The van der Waals surface area contributed by atoms with E-state index in [2.05, 4.69) is 15.6 Å². The molecule has 11 heteroatoms. The lowest BCUT2D eigenvalue weighted by molar-refractivity contribution is -0.143. The van der Waals surface area contributed by atoms with Crippen molar-refractivity contribution in [2.45, 2.75) is 37.8 Å². The zero-order valence-electron chi connectivity index (χ0n) is 19.7. The maximum Gasteiger partial charge on any atom is 0.328 e. The Morgan fingerprint density at radius 1 is 1.06 bits per heavy atom. The lowest BCUT2D eigenvalue weighted by Gasteiger charge is -2.17. The van der Waals surface area contributed by atoms with E-state index in [1.807, 2.05) is 30.3 Å². The highest BCUT2D eigenvalue weighted by Crippen LogP contribution is 2.21. The van der Waals surface area contributed by atoms with E-state index in [9.17, 15) is 14.4 Å². The van der Waals surface area contributed by atoms with Crippen LogP contribution in [-0.2, 0) is 20.7 Å². The molecule has 35 heavy (non-hydrogen) atoms. The number of rotatable bonds is 12. The fourth-order valence-corrected chi connectivity index (χ4v) is 3.27. The molecule has 11 nitrogen and oxygen atoms in total. The number of hydrogen-bond acceptors (Lipinski definition) is 7. The van der Waals surface area contributed by atoms with Crippen LogP contribution in [0.4, 0.5) is 11.4 Å². The Balaban J connectivity index is 2.01. The number of carbonyl (C=O) groups is 3. The highest BCUT2D eigenvalue weighted by atomic mass is 16.5. The molecule has 2 atom stereocenters. The van der Waals surface area contributed by atoms with E-state index >= 15 is 0 Å². The number of aliphatic imine (C=N–C) groups is 1. The van der Waals surface area contributed by atoms with Crippen molar-refractivity contribution in [2.24, 2.45) is 22.2 Å². The molecule has 10 N–H and O–H groups in total. The van der Waals surface area contributed by atoms with E-state index in [-0.39, 0.29) is 29.3 Å².